The summed E-state index contributed by atoms with van der Waals surface area (Å²) in [6.07, 6.45) is 13.0. The van der Waals surface area contributed by atoms with Crippen molar-refractivity contribution >= 4 is 49.4 Å². The first-order valence-electron chi connectivity index (χ1n) is 17.1. The van der Waals surface area contributed by atoms with Gasteiger partial charge in [-0.2, -0.15) is 0 Å². The van der Waals surface area contributed by atoms with Crippen molar-refractivity contribution in [1.82, 2.24) is 19.9 Å². The van der Waals surface area contributed by atoms with Crippen LogP contribution in [0.4, 0.5) is 0 Å². The molecule has 0 fully saturated rings. The maximum absolute atomic E-state index is 6.96. The number of fused-ring (bicyclic) bond motifs is 7. The lowest BCUT2D eigenvalue weighted by atomic mass is 9.91. The van der Waals surface area contributed by atoms with E-state index in [1.54, 1.807) is 0 Å². The smallest absolute Gasteiger partial charge is 0.213 e. The topological polar surface area (TPSA) is 55.9 Å². The molecule has 1 N–H and O–H groups in total. The van der Waals surface area contributed by atoms with Gasteiger partial charge in [0.05, 0.1) is 28.2 Å². The first-order chi connectivity index (χ1) is 24.7. The predicted octanol–water partition coefficient (Wildman–Crippen LogP) is 10.9. The summed E-state index contributed by atoms with van der Waals surface area (Å²) in [5.41, 5.74) is 12.4. The van der Waals surface area contributed by atoms with E-state index >= 15 is 0 Å². The Balaban J connectivity index is 1.15. The molecule has 2 atom stereocenters. The minimum absolute atomic E-state index is 0.0292. The Labute approximate surface area is 289 Å². The lowest BCUT2D eigenvalue weighted by molar-refractivity contribution is 0.636. The lowest BCUT2D eigenvalue weighted by Crippen LogP contribution is -2.27. The number of aromatic nitrogens is 3. The van der Waals surface area contributed by atoms with Gasteiger partial charge in [-0.15, -0.1) is 0 Å². The Morgan fingerprint density at radius 3 is 2.32 bits per heavy atom. The van der Waals surface area contributed by atoms with Crippen molar-refractivity contribution < 1.29 is 4.42 Å². The second kappa shape index (κ2) is 11.3. The minimum atomic E-state index is -0.0292. The van der Waals surface area contributed by atoms with E-state index in [1.165, 1.54) is 16.8 Å². The van der Waals surface area contributed by atoms with E-state index in [0.717, 1.165) is 72.1 Å². The molecule has 0 amide bonds. The zero-order valence-corrected chi connectivity index (χ0v) is 27.4. The second-order valence-electron chi connectivity index (χ2n) is 13.1. The summed E-state index contributed by atoms with van der Waals surface area (Å²) < 4.78 is 9.21. The zero-order chi connectivity index (χ0) is 33.2. The van der Waals surface area contributed by atoms with Gasteiger partial charge in [0.15, 0.2) is 5.58 Å². The molecule has 5 nitrogen and oxygen atoms in total. The van der Waals surface area contributed by atoms with Gasteiger partial charge in [-0.1, -0.05) is 109 Å². The van der Waals surface area contributed by atoms with Gasteiger partial charge >= 0.3 is 0 Å². The summed E-state index contributed by atoms with van der Waals surface area (Å²) in [5.74, 6) is 0.225. The van der Waals surface area contributed by atoms with Crippen LogP contribution in [0.2, 0.25) is 0 Å². The third kappa shape index (κ3) is 4.47. The van der Waals surface area contributed by atoms with Gasteiger partial charge in [-0.3, -0.25) is 9.55 Å². The van der Waals surface area contributed by atoms with Crippen molar-refractivity contribution in [3.63, 3.8) is 0 Å². The molecule has 0 saturated heterocycles. The van der Waals surface area contributed by atoms with Crippen LogP contribution in [0.25, 0.3) is 66.4 Å². The largest absolute Gasteiger partial charge is 0.437 e. The maximum atomic E-state index is 6.96. The van der Waals surface area contributed by atoms with Crippen molar-refractivity contribution in [2.45, 2.75) is 13.0 Å². The van der Waals surface area contributed by atoms with Crippen LogP contribution in [0, 0.1) is 5.92 Å². The average Bonchev–Trinajstić information content (AvgIpc) is 3.88. The van der Waals surface area contributed by atoms with Gasteiger partial charge in [0.25, 0.3) is 0 Å². The molecule has 0 saturated carbocycles. The third-order valence-corrected chi connectivity index (χ3v) is 10.1. The molecule has 4 aromatic heterocycles. The standard InChI is InChI=1S/C45H32N4O/c1-28-12-11-17-33(28)38-26-31(27-39(47-38)37-19-9-10-25-46-37)29-21-23-32(24-22-29)49-40-20-8-6-16-35(40)42-41-34-15-5-7-18-36(34)48-43(44(41)50-45(42)49)30-13-3-2-4-14-30/h2-27,33,39,47H,1H3. The second-order valence-corrected chi connectivity index (χ2v) is 13.1. The Hall–Kier alpha value is -6.46. The van der Waals surface area contributed by atoms with E-state index < -0.39 is 0 Å². The molecular formula is C45H32N4O. The van der Waals surface area contributed by atoms with E-state index in [2.05, 4.69) is 150 Å². The van der Waals surface area contributed by atoms with Gasteiger partial charge in [-0.05, 0) is 66.6 Å². The van der Waals surface area contributed by atoms with E-state index in [9.17, 15) is 0 Å². The summed E-state index contributed by atoms with van der Waals surface area (Å²) in [4.78, 5) is 9.82. The molecule has 10 rings (SSSR count). The Morgan fingerprint density at radius 2 is 1.52 bits per heavy atom. The van der Waals surface area contributed by atoms with Gasteiger partial charge in [0, 0.05) is 45.2 Å². The molecule has 1 aliphatic carbocycles. The number of hydrogen-bond donors (Lipinski definition) is 1. The molecule has 5 heterocycles. The van der Waals surface area contributed by atoms with Crippen LogP contribution in [0.3, 0.4) is 0 Å². The SMILES string of the molecule is CC1=CC=CC1C1=CC(c2ccc(-n3c4ccccc4c4c5c(oc43)c(-c3ccccc3)nc3ccccc35)cc2)=CC(c2ccccn2)N1. The number of pyridine rings is 2. The summed E-state index contributed by atoms with van der Waals surface area (Å²) in [7, 11) is 0. The normalized spacial score (nSPS) is 17.3. The van der Waals surface area contributed by atoms with Crippen molar-refractivity contribution in [2.24, 2.45) is 5.92 Å². The van der Waals surface area contributed by atoms with Crippen LogP contribution in [-0.2, 0) is 0 Å². The minimum Gasteiger partial charge on any atom is -0.437 e. The first-order valence-corrected chi connectivity index (χ1v) is 17.1. The van der Waals surface area contributed by atoms with Crippen molar-refractivity contribution in [2.75, 3.05) is 0 Å². The van der Waals surface area contributed by atoms with Crippen LogP contribution in [0.5, 0.6) is 0 Å². The fraction of sp³-hybridized carbons (Fsp3) is 0.0667. The fourth-order valence-corrected chi connectivity index (χ4v) is 7.70. The highest BCUT2D eigenvalue weighted by Gasteiger charge is 2.26. The van der Waals surface area contributed by atoms with E-state index in [1.807, 2.05) is 24.4 Å². The lowest BCUT2D eigenvalue weighted by Gasteiger charge is -2.28. The molecule has 4 aromatic carbocycles. The molecule has 50 heavy (non-hydrogen) atoms. The quantitative estimate of drug-likeness (QED) is 0.203. The first kappa shape index (κ1) is 28.5. The summed E-state index contributed by atoms with van der Waals surface area (Å²) >= 11 is 0. The number of benzene rings is 4. The maximum Gasteiger partial charge on any atom is 0.213 e. The van der Waals surface area contributed by atoms with E-state index in [0.29, 0.717) is 0 Å². The van der Waals surface area contributed by atoms with Crippen LogP contribution in [0.15, 0.2) is 174 Å². The zero-order valence-electron chi connectivity index (χ0n) is 27.4. The highest BCUT2D eigenvalue weighted by Crippen LogP contribution is 2.44. The Morgan fingerprint density at radius 1 is 0.740 bits per heavy atom. The molecule has 2 aliphatic rings. The molecule has 0 spiro atoms. The number of dihydropyridines is 1. The van der Waals surface area contributed by atoms with Gasteiger partial charge < -0.3 is 9.73 Å². The molecule has 0 bridgehead atoms. The van der Waals surface area contributed by atoms with Crippen LogP contribution >= 0.6 is 0 Å². The molecule has 0 radical (unpaired) electrons. The number of allylic oxidation sites excluding steroid dienone is 5. The molecular weight excluding hydrogens is 613 g/mol. The number of para-hydroxylation sites is 2. The van der Waals surface area contributed by atoms with Crippen LogP contribution in [-0.4, -0.2) is 14.5 Å². The van der Waals surface area contributed by atoms with Gasteiger partial charge in [0.1, 0.15) is 5.69 Å². The predicted molar refractivity (Wildman–Crippen MR) is 204 cm³/mol. The number of hydrogen-bond acceptors (Lipinski definition) is 4. The number of rotatable bonds is 5. The average molecular weight is 645 g/mol. The van der Waals surface area contributed by atoms with Crippen LogP contribution in [0.1, 0.15) is 24.2 Å². The van der Waals surface area contributed by atoms with Gasteiger partial charge in [-0.25, -0.2) is 4.98 Å². The van der Waals surface area contributed by atoms with E-state index in [-0.39, 0.29) is 12.0 Å². The molecule has 5 heteroatoms. The van der Waals surface area contributed by atoms with Crippen molar-refractivity contribution in [1.29, 1.82) is 0 Å². The highest BCUT2D eigenvalue weighted by molar-refractivity contribution is 6.28. The molecule has 238 valence electrons. The number of furan rings is 1. The van der Waals surface area contributed by atoms with Crippen molar-refractivity contribution in [3.05, 3.63) is 180 Å². The summed E-state index contributed by atoms with van der Waals surface area (Å²) in [6, 6.07) is 42.2. The fourth-order valence-electron chi connectivity index (χ4n) is 7.70. The highest BCUT2D eigenvalue weighted by atomic mass is 16.3. The number of nitrogens with zero attached hydrogens (tertiary/aromatic N) is 3. The molecule has 1 aliphatic heterocycles. The van der Waals surface area contributed by atoms with E-state index in [4.69, 9.17) is 14.4 Å². The Bertz CT molecular complexity index is 2730. The van der Waals surface area contributed by atoms with Gasteiger partial charge in [0.2, 0.25) is 5.71 Å². The molecule has 8 aromatic rings. The third-order valence-electron chi connectivity index (χ3n) is 10.1. The summed E-state index contributed by atoms with van der Waals surface area (Å²) in [5, 5.41) is 8.21. The summed E-state index contributed by atoms with van der Waals surface area (Å²) in [6.45, 7) is 2.19. The van der Waals surface area contributed by atoms with Crippen LogP contribution < -0.4 is 5.32 Å². The van der Waals surface area contributed by atoms with Crippen molar-refractivity contribution in [3.8, 4) is 16.9 Å². The molecule has 2 unspecified atom stereocenters. The monoisotopic (exact) mass is 644 g/mol. The number of nitrogens with one attached hydrogen (secondary N) is 1. The Kier molecular flexibility index (Phi) is 6.46.